The first kappa shape index (κ1) is 26.2. The molecule has 0 spiro atoms. The number of hydrogen-bond acceptors (Lipinski definition) is 6. The zero-order valence-corrected chi connectivity index (χ0v) is 20.4. The summed E-state index contributed by atoms with van der Waals surface area (Å²) in [6, 6.07) is 29.6. The van der Waals surface area contributed by atoms with Crippen LogP contribution < -0.4 is 0 Å². The van der Waals surface area contributed by atoms with Gasteiger partial charge in [-0.3, -0.25) is 0 Å². The molecule has 1 aliphatic heterocycles. The van der Waals surface area contributed by atoms with Crippen LogP contribution in [0.5, 0.6) is 0 Å². The van der Waals surface area contributed by atoms with Gasteiger partial charge in [-0.05, 0) is 16.7 Å². The van der Waals surface area contributed by atoms with Crippen LogP contribution in [0.1, 0.15) is 16.7 Å². The van der Waals surface area contributed by atoms with Crippen molar-refractivity contribution in [3.05, 3.63) is 120 Å². The molecule has 6 nitrogen and oxygen atoms in total. The summed E-state index contributed by atoms with van der Waals surface area (Å²) in [7, 11) is 0. The third-order valence-electron chi connectivity index (χ3n) is 5.96. The Morgan fingerprint density at radius 1 is 0.694 bits per heavy atom. The maximum Gasteiger partial charge on any atom is 0.187 e. The molecule has 0 bridgehead atoms. The van der Waals surface area contributed by atoms with Gasteiger partial charge in [0, 0.05) is 0 Å². The van der Waals surface area contributed by atoms with Crippen LogP contribution in [-0.4, -0.2) is 49.0 Å². The molecule has 1 heterocycles. The maximum atomic E-state index is 11.3. The molecule has 0 saturated carbocycles. The topological polar surface area (TPSA) is 66.4 Å². The molecule has 1 N–H and O–H groups in total. The number of hydrogen-bond donors (Lipinski definition) is 1. The van der Waals surface area contributed by atoms with Gasteiger partial charge in [0.25, 0.3) is 0 Å². The summed E-state index contributed by atoms with van der Waals surface area (Å²) in [5.41, 5.74) is 3.05. The molecule has 3 aromatic carbocycles. The van der Waals surface area contributed by atoms with Crippen LogP contribution in [0.15, 0.2) is 104 Å². The molecular formula is C30H34O6. The van der Waals surface area contributed by atoms with Crippen molar-refractivity contribution in [1.29, 1.82) is 0 Å². The van der Waals surface area contributed by atoms with Crippen molar-refractivity contribution < 1.29 is 28.8 Å². The molecule has 0 aromatic heterocycles. The molecule has 190 valence electrons. The first-order valence-electron chi connectivity index (χ1n) is 12.2. The molecular weight excluding hydrogens is 456 g/mol. The average molecular weight is 491 g/mol. The summed E-state index contributed by atoms with van der Waals surface area (Å²) in [6.45, 7) is 5.26. The monoisotopic (exact) mass is 490 g/mol. The van der Waals surface area contributed by atoms with Crippen molar-refractivity contribution in [2.45, 2.75) is 50.5 Å². The highest BCUT2D eigenvalue weighted by molar-refractivity contribution is 5.15. The SMILES string of the molecule is C=CCO[C@H]1O[C@H](COCc2ccccc2)[C@@H](O)[C@H](OCc2ccccc2)[C@H]1OCc1ccccc1. The van der Waals surface area contributed by atoms with E-state index in [0.29, 0.717) is 19.8 Å². The Morgan fingerprint density at radius 3 is 1.72 bits per heavy atom. The van der Waals surface area contributed by atoms with Crippen LogP contribution in [0.4, 0.5) is 0 Å². The van der Waals surface area contributed by atoms with Crippen molar-refractivity contribution in [3.8, 4) is 0 Å². The van der Waals surface area contributed by atoms with Crippen LogP contribution in [0.2, 0.25) is 0 Å². The van der Waals surface area contributed by atoms with Gasteiger partial charge < -0.3 is 28.8 Å². The van der Waals surface area contributed by atoms with E-state index in [9.17, 15) is 5.11 Å². The van der Waals surface area contributed by atoms with E-state index in [1.165, 1.54) is 0 Å². The lowest BCUT2D eigenvalue weighted by atomic mass is 9.98. The zero-order valence-electron chi connectivity index (χ0n) is 20.4. The van der Waals surface area contributed by atoms with Gasteiger partial charge in [0.1, 0.15) is 24.4 Å². The minimum atomic E-state index is -0.978. The molecule has 5 atom stereocenters. The van der Waals surface area contributed by atoms with Gasteiger partial charge >= 0.3 is 0 Å². The van der Waals surface area contributed by atoms with Gasteiger partial charge in [-0.2, -0.15) is 0 Å². The van der Waals surface area contributed by atoms with E-state index in [1.807, 2.05) is 91.0 Å². The predicted octanol–water partition coefficient (Wildman–Crippen LogP) is 4.66. The lowest BCUT2D eigenvalue weighted by Crippen LogP contribution is -2.61. The van der Waals surface area contributed by atoms with Crippen molar-refractivity contribution in [2.75, 3.05) is 13.2 Å². The Labute approximate surface area is 213 Å². The number of rotatable bonds is 13. The molecule has 1 saturated heterocycles. The van der Waals surface area contributed by atoms with Gasteiger partial charge in [0.05, 0.1) is 33.0 Å². The van der Waals surface area contributed by atoms with Crippen LogP contribution >= 0.6 is 0 Å². The third-order valence-corrected chi connectivity index (χ3v) is 5.96. The van der Waals surface area contributed by atoms with Crippen LogP contribution in [0.25, 0.3) is 0 Å². The fraction of sp³-hybridized carbons (Fsp3) is 0.333. The largest absolute Gasteiger partial charge is 0.387 e. The molecule has 0 amide bonds. The van der Waals surface area contributed by atoms with Crippen LogP contribution in [0, 0.1) is 0 Å². The van der Waals surface area contributed by atoms with E-state index < -0.39 is 30.7 Å². The number of aliphatic hydroxyl groups excluding tert-OH is 1. The summed E-state index contributed by atoms with van der Waals surface area (Å²) in [4.78, 5) is 0. The Morgan fingerprint density at radius 2 is 1.19 bits per heavy atom. The number of benzene rings is 3. The molecule has 1 aliphatic rings. The highest BCUT2D eigenvalue weighted by Gasteiger charge is 2.47. The first-order chi connectivity index (χ1) is 17.7. The fourth-order valence-corrected chi connectivity index (χ4v) is 4.09. The molecule has 0 unspecified atom stereocenters. The lowest BCUT2D eigenvalue weighted by molar-refractivity contribution is -0.319. The quantitative estimate of drug-likeness (QED) is 0.352. The summed E-state index contributed by atoms with van der Waals surface area (Å²) in [5.74, 6) is 0. The van der Waals surface area contributed by atoms with Gasteiger partial charge in [0.2, 0.25) is 0 Å². The van der Waals surface area contributed by atoms with Crippen molar-refractivity contribution >= 4 is 0 Å². The summed E-state index contributed by atoms with van der Waals surface area (Å²) >= 11 is 0. The Bertz CT molecular complexity index is 1010. The second-order valence-corrected chi connectivity index (χ2v) is 8.68. The smallest absolute Gasteiger partial charge is 0.187 e. The van der Waals surface area contributed by atoms with E-state index in [1.54, 1.807) is 6.08 Å². The minimum Gasteiger partial charge on any atom is -0.387 e. The van der Waals surface area contributed by atoms with Crippen molar-refractivity contribution in [3.63, 3.8) is 0 Å². The standard InChI is InChI=1S/C30H34O6/c1-2-18-33-30-29(35-21-25-16-10-5-11-17-25)28(34-20-24-14-8-4-9-15-24)27(31)26(36-30)22-32-19-23-12-6-3-7-13-23/h2-17,26-31H,1,18-22H2/t26-,27-,28+,29-,30+/m1/s1. The molecule has 36 heavy (non-hydrogen) atoms. The second-order valence-electron chi connectivity index (χ2n) is 8.68. The molecule has 0 radical (unpaired) electrons. The van der Waals surface area contributed by atoms with Gasteiger partial charge in [0.15, 0.2) is 6.29 Å². The van der Waals surface area contributed by atoms with E-state index in [2.05, 4.69) is 6.58 Å². The summed E-state index contributed by atoms with van der Waals surface area (Å²) in [6.07, 6.45) is -2.09. The number of ether oxygens (including phenoxy) is 5. The van der Waals surface area contributed by atoms with Gasteiger partial charge in [-0.25, -0.2) is 0 Å². The highest BCUT2D eigenvalue weighted by Crippen LogP contribution is 2.29. The predicted molar refractivity (Wildman–Crippen MR) is 137 cm³/mol. The van der Waals surface area contributed by atoms with Gasteiger partial charge in [-0.15, -0.1) is 6.58 Å². The fourth-order valence-electron chi connectivity index (χ4n) is 4.09. The Balaban J connectivity index is 1.48. The normalized spacial score (nSPS) is 23.9. The van der Waals surface area contributed by atoms with Crippen LogP contribution in [-0.2, 0) is 43.5 Å². The molecule has 0 aliphatic carbocycles. The van der Waals surface area contributed by atoms with Crippen molar-refractivity contribution in [1.82, 2.24) is 0 Å². The third kappa shape index (κ3) is 7.58. The molecule has 6 heteroatoms. The zero-order chi connectivity index (χ0) is 25.0. The average Bonchev–Trinajstić information content (AvgIpc) is 2.93. The van der Waals surface area contributed by atoms with E-state index in [-0.39, 0.29) is 13.2 Å². The Hall–Kier alpha value is -2.84. The van der Waals surface area contributed by atoms with E-state index in [0.717, 1.165) is 16.7 Å². The minimum absolute atomic E-state index is 0.181. The van der Waals surface area contributed by atoms with E-state index in [4.69, 9.17) is 23.7 Å². The van der Waals surface area contributed by atoms with Crippen LogP contribution in [0.3, 0.4) is 0 Å². The van der Waals surface area contributed by atoms with Gasteiger partial charge in [-0.1, -0.05) is 97.1 Å². The van der Waals surface area contributed by atoms with E-state index >= 15 is 0 Å². The molecule has 4 rings (SSSR count). The summed E-state index contributed by atoms with van der Waals surface area (Å²) < 4.78 is 30.6. The second kappa shape index (κ2) is 14.0. The summed E-state index contributed by atoms with van der Waals surface area (Å²) in [5, 5.41) is 11.3. The lowest BCUT2D eigenvalue weighted by Gasteiger charge is -2.44. The Kier molecular flexibility index (Phi) is 10.2. The number of aliphatic hydroxyl groups is 1. The first-order valence-corrected chi connectivity index (χ1v) is 12.2. The van der Waals surface area contributed by atoms with Crippen molar-refractivity contribution in [2.24, 2.45) is 0 Å². The highest BCUT2D eigenvalue weighted by atomic mass is 16.7. The molecule has 3 aromatic rings. The molecule has 1 fully saturated rings. The maximum absolute atomic E-state index is 11.3.